The third-order valence-electron chi connectivity index (χ3n) is 4.88. The number of morpholine rings is 1. The third kappa shape index (κ3) is 2.69. The second-order valence-corrected chi connectivity index (χ2v) is 6.34. The fourth-order valence-electron chi connectivity index (χ4n) is 3.61. The van der Waals surface area contributed by atoms with Crippen LogP contribution in [0.4, 0.5) is 0 Å². The molecule has 0 amide bonds. The first-order valence-electron chi connectivity index (χ1n) is 8.60. The van der Waals surface area contributed by atoms with Gasteiger partial charge in [0.25, 0.3) is 0 Å². The molecule has 2 aromatic heterocycles. The molecule has 0 aliphatic carbocycles. The molecule has 7 nitrogen and oxygen atoms in total. The normalized spacial score (nSPS) is 15.9. The maximum atomic E-state index is 12.3. The summed E-state index contributed by atoms with van der Waals surface area (Å²) in [6.07, 6.45) is 0. The SMILES string of the molecule is COC(=O)c1c(C)[nH]c2n1c1ccccc1[n+]2CCN1CCOCC1. The van der Waals surface area contributed by atoms with Crippen molar-refractivity contribution in [2.75, 3.05) is 40.0 Å². The standard InChI is InChI=1S/C18H22N4O3/c1-13-16(17(23)24-2)22-15-6-4-3-5-14(15)21(18(22)19-13)8-7-20-9-11-25-12-10-20/h3-6H,7-12H2,1-2H3/p+1. The molecule has 3 heterocycles. The Labute approximate surface area is 145 Å². The van der Waals surface area contributed by atoms with Gasteiger partial charge >= 0.3 is 11.7 Å². The minimum Gasteiger partial charge on any atom is -0.463 e. The Kier molecular flexibility index (Phi) is 4.19. The number of imidazole rings is 2. The lowest BCUT2D eigenvalue weighted by Crippen LogP contribution is -2.44. The van der Waals surface area contributed by atoms with Gasteiger partial charge in [0.2, 0.25) is 5.69 Å². The van der Waals surface area contributed by atoms with Crippen molar-refractivity contribution in [3.63, 3.8) is 0 Å². The Morgan fingerprint density at radius 1 is 1.32 bits per heavy atom. The molecule has 0 bridgehead atoms. The van der Waals surface area contributed by atoms with Gasteiger partial charge in [0, 0.05) is 19.6 Å². The van der Waals surface area contributed by atoms with E-state index in [1.165, 1.54) is 7.11 Å². The molecule has 1 fully saturated rings. The molecule has 1 aliphatic heterocycles. The predicted octanol–water partition coefficient (Wildman–Crippen LogP) is 1.14. The highest BCUT2D eigenvalue weighted by Crippen LogP contribution is 2.20. The van der Waals surface area contributed by atoms with Crippen LogP contribution >= 0.6 is 0 Å². The van der Waals surface area contributed by atoms with Crippen LogP contribution in [0, 0.1) is 6.92 Å². The molecular weight excluding hydrogens is 320 g/mol. The highest BCUT2D eigenvalue weighted by molar-refractivity contribution is 5.92. The Morgan fingerprint density at radius 2 is 2.08 bits per heavy atom. The molecule has 0 radical (unpaired) electrons. The molecule has 7 heteroatoms. The quantitative estimate of drug-likeness (QED) is 0.570. The molecule has 0 saturated carbocycles. The van der Waals surface area contributed by atoms with Gasteiger partial charge in [0.15, 0.2) is 0 Å². The van der Waals surface area contributed by atoms with E-state index in [1.807, 2.05) is 29.5 Å². The Bertz CT molecular complexity index is 921. The number of fused-ring (bicyclic) bond motifs is 3. The van der Waals surface area contributed by atoms with Crippen molar-refractivity contribution in [2.24, 2.45) is 0 Å². The number of para-hydroxylation sites is 2. The van der Waals surface area contributed by atoms with Gasteiger partial charge in [-0.2, -0.15) is 4.40 Å². The van der Waals surface area contributed by atoms with Gasteiger partial charge in [-0.1, -0.05) is 12.1 Å². The van der Waals surface area contributed by atoms with E-state index >= 15 is 0 Å². The van der Waals surface area contributed by atoms with Gasteiger partial charge in [-0.25, -0.2) is 14.3 Å². The molecule has 132 valence electrons. The first-order valence-corrected chi connectivity index (χ1v) is 8.60. The second kappa shape index (κ2) is 6.50. The number of methoxy groups -OCH3 is 1. The molecule has 1 saturated heterocycles. The van der Waals surface area contributed by atoms with Crippen LogP contribution in [-0.2, 0) is 16.0 Å². The van der Waals surface area contributed by atoms with E-state index in [0.29, 0.717) is 5.69 Å². The summed E-state index contributed by atoms with van der Waals surface area (Å²) in [6.45, 7) is 7.22. The summed E-state index contributed by atoms with van der Waals surface area (Å²) in [6, 6.07) is 8.14. The number of ether oxygens (including phenoxy) is 2. The zero-order valence-corrected chi connectivity index (χ0v) is 14.6. The smallest absolute Gasteiger partial charge is 0.374 e. The zero-order valence-electron chi connectivity index (χ0n) is 14.6. The fourth-order valence-corrected chi connectivity index (χ4v) is 3.61. The number of nitrogens with zero attached hydrogens (tertiary/aromatic N) is 3. The topological polar surface area (TPSA) is 62.9 Å². The molecule has 25 heavy (non-hydrogen) atoms. The number of rotatable bonds is 4. The van der Waals surface area contributed by atoms with E-state index in [1.54, 1.807) is 0 Å². The second-order valence-electron chi connectivity index (χ2n) is 6.34. The summed E-state index contributed by atoms with van der Waals surface area (Å²) in [7, 11) is 1.42. The lowest BCUT2D eigenvalue weighted by Gasteiger charge is -2.25. The van der Waals surface area contributed by atoms with E-state index in [4.69, 9.17) is 9.47 Å². The number of carbonyl (C=O) groups excluding carboxylic acids is 1. The van der Waals surface area contributed by atoms with Crippen LogP contribution in [0.2, 0.25) is 0 Å². The van der Waals surface area contributed by atoms with Gasteiger partial charge < -0.3 is 9.47 Å². The largest absolute Gasteiger partial charge is 0.463 e. The number of H-pyrrole nitrogens is 1. The van der Waals surface area contributed by atoms with Gasteiger partial charge in [-0.15, -0.1) is 0 Å². The maximum Gasteiger partial charge on any atom is 0.374 e. The minimum atomic E-state index is -0.329. The van der Waals surface area contributed by atoms with Gasteiger partial charge in [0.05, 0.1) is 26.9 Å². The fraction of sp³-hybridized carbons (Fsp3) is 0.444. The number of aromatic amines is 1. The van der Waals surface area contributed by atoms with Crippen LogP contribution < -0.4 is 4.57 Å². The first kappa shape index (κ1) is 16.1. The van der Waals surface area contributed by atoms with E-state index in [0.717, 1.165) is 61.9 Å². The lowest BCUT2D eigenvalue weighted by atomic mass is 10.3. The summed E-state index contributed by atoms with van der Waals surface area (Å²) in [5.41, 5.74) is 3.47. The Hall–Kier alpha value is -2.38. The number of esters is 1. The highest BCUT2D eigenvalue weighted by Gasteiger charge is 2.29. The summed E-state index contributed by atoms with van der Waals surface area (Å²) in [5, 5.41) is 0. The van der Waals surface area contributed by atoms with Gasteiger partial charge in [-0.3, -0.25) is 4.90 Å². The lowest BCUT2D eigenvalue weighted by molar-refractivity contribution is -0.647. The molecule has 1 N–H and O–H groups in total. The number of hydrogen-bond acceptors (Lipinski definition) is 4. The molecule has 0 atom stereocenters. The molecule has 1 aliphatic rings. The number of nitrogens with one attached hydrogen (secondary N) is 1. The van der Waals surface area contributed by atoms with Crippen molar-refractivity contribution in [1.29, 1.82) is 0 Å². The number of carbonyl (C=O) groups is 1. The Morgan fingerprint density at radius 3 is 2.84 bits per heavy atom. The van der Waals surface area contributed by atoms with Crippen LogP contribution in [0.3, 0.4) is 0 Å². The molecule has 3 aromatic rings. The van der Waals surface area contributed by atoms with E-state index in [2.05, 4.69) is 20.5 Å². The van der Waals surface area contributed by atoms with Crippen molar-refractivity contribution >= 4 is 22.8 Å². The van der Waals surface area contributed by atoms with E-state index in [9.17, 15) is 4.79 Å². The summed E-state index contributed by atoms with van der Waals surface area (Å²) < 4.78 is 14.6. The number of hydrogen-bond donors (Lipinski definition) is 1. The molecular formula is C18H23N4O3+. The van der Waals surface area contributed by atoms with Crippen molar-refractivity contribution in [3.05, 3.63) is 35.7 Å². The maximum absolute atomic E-state index is 12.3. The number of benzene rings is 1. The van der Waals surface area contributed by atoms with E-state index in [-0.39, 0.29) is 5.97 Å². The molecule has 0 unspecified atom stereocenters. The third-order valence-corrected chi connectivity index (χ3v) is 4.88. The monoisotopic (exact) mass is 343 g/mol. The van der Waals surface area contributed by atoms with Gasteiger partial charge in [-0.05, 0) is 19.1 Å². The van der Waals surface area contributed by atoms with Crippen LogP contribution in [0.25, 0.3) is 16.8 Å². The van der Waals surface area contributed by atoms with Crippen LogP contribution in [0.1, 0.15) is 16.2 Å². The first-order chi connectivity index (χ1) is 12.2. The van der Waals surface area contributed by atoms with Crippen molar-refractivity contribution in [1.82, 2.24) is 14.3 Å². The molecule has 0 spiro atoms. The number of aryl methyl sites for hydroxylation is 1. The average Bonchev–Trinajstić information content (AvgIpc) is 3.13. The van der Waals surface area contributed by atoms with Crippen molar-refractivity contribution in [2.45, 2.75) is 13.5 Å². The summed E-state index contributed by atoms with van der Waals surface area (Å²) >= 11 is 0. The summed E-state index contributed by atoms with van der Waals surface area (Å²) in [4.78, 5) is 18.1. The number of aromatic nitrogens is 3. The van der Waals surface area contributed by atoms with Crippen LogP contribution in [-0.4, -0.2) is 60.2 Å². The van der Waals surface area contributed by atoms with Crippen molar-refractivity contribution < 1.29 is 18.8 Å². The van der Waals surface area contributed by atoms with Crippen molar-refractivity contribution in [3.8, 4) is 0 Å². The summed E-state index contributed by atoms with van der Waals surface area (Å²) in [5.74, 6) is 0.581. The zero-order chi connectivity index (χ0) is 17.4. The molecule has 4 rings (SSSR count). The highest BCUT2D eigenvalue weighted by atomic mass is 16.5. The van der Waals surface area contributed by atoms with Gasteiger partial charge in [0.1, 0.15) is 16.7 Å². The predicted molar refractivity (Wildman–Crippen MR) is 92.8 cm³/mol. The Balaban J connectivity index is 1.80. The van der Waals surface area contributed by atoms with Crippen LogP contribution in [0.5, 0.6) is 0 Å². The molecule has 1 aromatic carbocycles. The van der Waals surface area contributed by atoms with Crippen LogP contribution in [0.15, 0.2) is 24.3 Å². The average molecular weight is 343 g/mol. The minimum absolute atomic E-state index is 0.329. The van der Waals surface area contributed by atoms with E-state index < -0.39 is 0 Å².